The van der Waals surface area contributed by atoms with Gasteiger partial charge < -0.3 is 19.9 Å². The van der Waals surface area contributed by atoms with E-state index in [1.54, 1.807) is 12.1 Å². The molecule has 0 saturated carbocycles. The molecule has 0 saturated heterocycles. The van der Waals surface area contributed by atoms with E-state index in [9.17, 15) is 0 Å². The van der Waals surface area contributed by atoms with Crippen LogP contribution in [0.4, 0.5) is 5.69 Å². The van der Waals surface area contributed by atoms with Gasteiger partial charge in [-0.3, -0.25) is 0 Å². The van der Waals surface area contributed by atoms with Crippen LogP contribution >= 0.6 is 0 Å². The zero-order chi connectivity index (χ0) is 14.1. The fourth-order valence-electron chi connectivity index (χ4n) is 1.52. The summed E-state index contributed by atoms with van der Waals surface area (Å²) in [5, 5.41) is 0. The van der Waals surface area contributed by atoms with Gasteiger partial charge in [0.2, 0.25) is 0 Å². The van der Waals surface area contributed by atoms with Gasteiger partial charge in [-0.05, 0) is 12.3 Å². The highest BCUT2D eigenvalue weighted by atomic mass is 16.5. The zero-order valence-electron chi connectivity index (χ0n) is 12.1. The smallest absolute Gasteiger partial charge is 0.125 e. The summed E-state index contributed by atoms with van der Waals surface area (Å²) in [6.45, 7) is 8.84. The Morgan fingerprint density at radius 2 is 1.63 bits per heavy atom. The van der Waals surface area contributed by atoms with Gasteiger partial charge in [0.1, 0.15) is 18.1 Å². The fraction of sp³-hybridized carbons (Fsp3) is 0.600. The molecule has 0 spiro atoms. The van der Waals surface area contributed by atoms with Gasteiger partial charge in [-0.2, -0.15) is 0 Å². The van der Waals surface area contributed by atoms with E-state index in [1.165, 1.54) is 0 Å². The van der Waals surface area contributed by atoms with E-state index >= 15 is 0 Å². The van der Waals surface area contributed by atoms with Crippen molar-refractivity contribution in [2.45, 2.75) is 27.2 Å². The van der Waals surface area contributed by atoms with Crippen molar-refractivity contribution in [1.82, 2.24) is 0 Å². The molecule has 4 nitrogen and oxygen atoms in total. The van der Waals surface area contributed by atoms with Gasteiger partial charge in [-0.15, -0.1) is 0 Å². The SMILES string of the molecule is CCCOc1cc(N)cc(OCCOCC(C)C)c1. The molecule has 4 heteroatoms. The Hall–Kier alpha value is -1.42. The topological polar surface area (TPSA) is 53.7 Å². The number of hydrogen-bond donors (Lipinski definition) is 1. The lowest BCUT2D eigenvalue weighted by Gasteiger charge is -2.11. The third kappa shape index (κ3) is 6.91. The summed E-state index contributed by atoms with van der Waals surface area (Å²) in [5.41, 5.74) is 6.46. The monoisotopic (exact) mass is 267 g/mol. The van der Waals surface area contributed by atoms with Crippen LogP contribution in [-0.4, -0.2) is 26.4 Å². The van der Waals surface area contributed by atoms with Crippen molar-refractivity contribution in [3.05, 3.63) is 18.2 Å². The molecule has 108 valence electrons. The number of ether oxygens (including phenoxy) is 3. The molecule has 1 aromatic rings. The first-order chi connectivity index (χ1) is 9.11. The minimum absolute atomic E-state index is 0.517. The Bertz CT molecular complexity index is 366. The summed E-state index contributed by atoms with van der Waals surface area (Å²) < 4.78 is 16.6. The van der Waals surface area contributed by atoms with Crippen molar-refractivity contribution in [3.63, 3.8) is 0 Å². The van der Waals surface area contributed by atoms with E-state index in [0.29, 0.717) is 31.4 Å². The molecule has 0 aliphatic heterocycles. The number of nitrogen functional groups attached to an aromatic ring is 1. The molecule has 0 aromatic heterocycles. The number of benzene rings is 1. The van der Waals surface area contributed by atoms with E-state index in [2.05, 4.69) is 20.8 Å². The molecule has 0 amide bonds. The summed E-state index contributed by atoms with van der Waals surface area (Å²) in [4.78, 5) is 0. The van der Waals surface area contributed by atoms with Crippen LogP contribution in [0.5, 0.6) is 11.5 Å². The molecule has 0 aliphatic rings. The Balaban J connectivity index is 2.38. The van der Waals surface area contributed by atoms with Gasteiger partial charge in [-0.25, -0.2) is 0 Å². The Morgan fingerprint density at radius 1 is 1.00 bits per heavy atom. The van der Waals surface area contributed by atoms with Gasteiger partial charge >= 0.3 is 0 Å². The molecule has 1 rings (SSSR count). The molecule has 0 radical (unpaired) electrons. The quantitative estimate of drug-likeness (QED) is 0.552. The summed E-state index contributed by atoms with van der Waals surface area (Å²) in [5.74, 6) is 2.01. The first kappa shape index (κ1) is 15.6. The van der Waals surface area contributed by atoms with Crippen LogP contribution in [0.2, 0.25) is 0 Å². The van der Waals surface area contributed by atoms with Gasteiger partial charge in [0, 0.05) is 30.5 Å². The van der Waals surface area contributed by atoms with Crippen LogP contribution in [-0.2, 0) is 4.74 Å². The molecular formula is C15H25NO3. The van der Waals surface area contributed by atoms with Gasteiger partial charge in [0.05, 0.1) is 13.2 Å². The maximum Gasteiger partial charge on any atom is 0.125 e. The second kappa shape index (κ2) is 8.64. The second-order valence-electron chi connectivity index (χ2n) is 4.90. The molecule has 2 N–H and O–H groups in total. The van der Waals surface area contributed by atoms with Gasteiger partial charge in [-0.1, -0.05) is 20.8 Å². The molecule has 19 heavy (non-hydrogen) atoms. The Labute approximate surface area is 115 Å². The maximum atomic E-state index is 5.81. The molecular weight excluding hydrogens is 242 g/mol. The minimum Gasteiger partial charge on any atom is -0.493 e. The molecule has 0 bridgehead atoms. The Morgan fingerprint density at radius 3 is 2.21 bits per heavy atom. The summed E-state index contributed by atoms with van der Waals surface area (Å²) in [6, 6.07) is 5.45. The third-order valence-electron chi connectivity index (χ3n) is 2.32. The highest BCUT2D eigenvalue weighted by Crippen LogP contribution is 2.24. The Kier molecular flexibility index (Phi) is 7.11. The summed E-state index contributed by atoms with van der Waals surface area (Å²) >= 11 is 0. The predicted octanol–water partition coefficient (Wildman–Crippen LogP) is 3.11. The zero-order valence-corrected chi connectivity index (χ0v) is 12.1. The molecule has 1 aromatic carbocycles. The number of hydrogen-bond acceptors (Lipinski definition) is 4. The van der Waals surface area contributed by atoms with Crippen LogP contribution in [0.25, 0.3) is 0 Å². The summed E-state index contributed by atoms with van der Waals surface area (Å²) in [6.07, 6.45) is 0.966. The fourth-order valence-corrected chi connectivity index (χ4v) is 1.52. The number of nitrogens with two attached hydrogens (primary N) is 1. The third-order valence-corrected chi connectivity index (χ3v) is 2.32. The van der Waals surface area contributed by atoms with E-state index < -0.39 is 0 Å². The van der Waals surface area contributed by atoms with E-state index in [-0.39, 0.29) is 0 Å². The van der Waals surface area contributed by atoms with Crippen molar-refractivity contribution in [1.29, 1.82) is 0 Å². The minimum atomic E-state index is 0.517. The van der Waals surface area contributed by atoms with Crippen molar-refractivity contribution in [3.8, 4) is 11.5 Å². The van der Waals surface area contributed by atoms with Crippen molar-refractivity contribution >= 4 is 5.69 Å². The summed E-state index contributed by atoms with van der Waals surface area (Å²) in [7, 11) is 0. The molecule has 0 atom stereocenters. The molecule has 0 heterocycles. The lowest BCUT2D eigenvalue weighted by Crippen LogP contribution is -2.10. The van der Waals surface area contributed by atoms with Gasteiger partial charge in [0.25, 0.3) is 0 Å². The van der Waals surface area contributed by atoms with Crippen molar-refractivity contribution < 1.29 is 14.2 Å². The van der Waals surface area contributed by atoms with E-state index in [4.69, 9.17) is 19.9 Å². The lowest BCUT2D eigenvalue weighted by atomic mass is 10.2. The van der Waals surface area contributed by atoms with Crippen LogP contribution in [0.1, 0.15) is 27.2 Å². The number of rotatable bonds is 9. The average molecular weight is 267 g/mol. The predicted molar refractivity (Wildman–Crippen MR) is 77.8 cm³/mol. The normalized spacial score (nSPS) is 10.7. The standard InChI is InChI=1S/C15H25NO3/c1-4-5-18-14-8-13(16)9-15(10-14)19-7-6-17-11-12(2)3/h8-10,12H,4-7,11,16H2,1-3H3. The highest BCUT2D eigenvalue weighted by Gasteiger charge is 2.01. The van der Waals surface area contributed by atoms with Crippen LogP contribution < -0.4 is 15.2 Å². The van der Waals surface area contributed by atoms with Crippen LogP contribution in [0, 0.1) is 5.92 Å². The van der Waals surface area contributed by atoms with E-state index in [0.717, 1.165) is 24.5 Å². The average Bonchev–Trinajstić information content (AvgIpc) is 2.35. The second-order valence-corrected chi connectivity index (χ2v) is 4.90. The van der Waals surface area contributed by atoms with Crippen molar-refractivity contribution in [2.75, 3.05) is 32.2 Å². The van der Waals surface area contributed by atoms with Gasteiger partial charge in [0.15, 0.2) is 0 Å². The first-order valence-corrected chi connectivity index (χ1v) is 6.85. The van der Waals surface area contributed by atoms with Crippen LogP contribution in [0.15, 0.2) is 18.2 Å². The maximum absolute atomic E-state index is 5.81. The largest absolute Gasteiger partial charge is 0.493 e. The lowest BCUT2D eigenvalue weighted by molar-refractivity contribution is 0.0818. The molecule has 0 unspecified atom stereocenters. The first-order valence-electron chi connectivity index (χ1n) is 6.85. The molecule has 0 fully saturated rings. The highest BCUT2D eigenvalue weighted by molar-refractivity contribution is 5.50. The van der Waals surface area contributed by atoms with E-state index in [1.807, 2.05) is 6.07 Å². The van der Waals surface area contributed by atoms with Crippen LogP contribution in [0.3, 0.4) is 0 Å². The van der Waals surface area contributed by atoms with Crippen molar-refractivity contribution in [2.24, 2.45) is 5.92 Å². The number of anilines is 1. The molecule has 0 aliphatic carbocycles.